The van der Waals surface area contributed by atoms with Crippen LogP contribution in [0.4, 0.5) is 0 Å². The average molecular weight is 385 g/mol. The molecule has 1 saturated carbocycles. The van der Waals surface area contributed by atoms with Crippen LogP contribution >= 0.6 is 0 Å². The van der Waals surface area contributed by atoms with Crippen molar-refractivity contribution in [2.45, 2.75) is 57.0 Å². The molecule has 1 aromatic rings. The third kappa shape index (κ3) is 4.63. The summed E-state index contributed by atoms with van der Waals surface area (Å²) in [4.78, 5) is 12.4. The molecule has 2 atom stereocenters. The summed E-state index contributed by atoms with van der Waals surface area (Å²) >= 11 is 0. The molecule has 1 saturated heterocycles. The van der Waals surface area contributed by atoms with Crippen molar-refractivity contribution < 1.29 is 17.7 Å². The topological polar surface area (TPSA) is 105 Å². The van der Waals surface area contributed by atoms with Crippen molar-refractivity contribution >= 4 is 15.9 Å². The summed E-state index contributed by atoms with van der Waals surface area (Å²) in [6, 6.07) is 1.54. The zero-order valence-corrected chi connectivity index (χ0v) is 16.2. The van der Waals surface area contributed by atoms with Gasteiger partial charge in [-0.2, -0.15) is 4.31 Å². The van der Waals surface area contributed by atoms with E-state index in [4.69, 9.17) is 4.52 Å². The van der Waals surface area contributed by atoms with Crippen molar-refractivity contribution in [3.63, 3.8) is 0 Å². The van der Waals surface area contributed by atoms with Crippen LogP contribution in [0.1, 0.15) is 61.2 Å². The van der Waals surface area contributed by atoms with Crippen LogP contribution in [0.3, 0.4) is 0 Å². The van der Waals surface area contributed by atoms with Crippen molar-refractivity contribution in [3.8, 4) is 0 Å². The second kappa shape index (κ2) is 8.06. The molecule has 0 bridgehead atoms. The number of piperidine rings is 1. The summed E-state index contributed by atoms with van der Waals surface area (Å²) in [7, 11) is -1.44. The molecule has 3 rings (SSSR count). The number of carbonyl (C=O) groups excluding carboxylic acids is 1. The van der Waals surface area contributed by atoms with Crippen LogP contribution in [0.25, 0.3) is 0 Å². The lowest BCUT2D eigenvalue weighted by Gasteiger charge is -2.36. The number of hydrogen-bond acceptors (Lipinski definition) is 6. The minimum atomic E-state index is -3.25. The summed E-state index contributed by atoms with van der Waals surface area (Å²) < 4.78 is 31.8. The Kier molecular flexibility index (Phi) is 5.99. The van der Waals surface area contributed by atoms with Gasteiger partial charge < -0.3 is 15.2 Å². The smallest absolute Gasteiger partial charge is 0.273 e. The standard InChI is InChI=1S/C17H28N4O4S/c1-12-10-14(6-8-21(12)26(23,24)9-3-7-18-2)19-17(22)15-11-16(25-20-15)13-4-5-13/h11-14,18H,3-10H2,1-2H3,(H,19,22)/t12-,14-/m0/s1. The van der Waals surface area contributed by atoms with E-state index in [-0.39, 0.29) is 23.7 Å². The molecule has 1 amide bonds. The van der Waals surface area contributed by atoms with Crippen LogP contribution in [-0.2, 0) is 10.0 Å². The predicted molar refractivity (Wildman–Crippen MR) is 97.5 cm³/mol. The highest BCUT2D eigenvalue weighted by atomic mass is 32.2. The maximum absolute atomic E-state index is 12.5. The van der Waals surface area contributed by atoms with Crippen molar-refractivity contribution in [2.24, 2.45) is 0 Å². The van der Waals surface area contributed by atoms with Crippen LogP contribution in [0, 0.1) is 0 Å². The number of nitrogens with one attached hydrogen (secondary N) is 2. The van der Waals surface area contributed by atoms with E-state index in [2.05, 4.69) is 15.8 Å². The van der Waals surface area contributed by atoms with Crippen molar-refractivity contribution in [1.29, 1.82) is 0 Å². The fraction of sp³-hybridized carbons (Fsp3) is 0.765. The van der Waals surface area contributed by atoms with Gasteiger partial charge in [-0.15, -0.1) is 0 Å². The summed E-state index contributed by atoms with van der Waals surface area (Å²) in [5.41, 5.74) is 0.307. The highest BCUT2D eigenvalue weighted by molar-refractivity contribution is 7.89. The Morgan fingerprint density at radius 3 is 2.81 bits per heavy atom. The van der Waals surface area contributed by atoms with Crippen LogP contribution < -0.4 is 10.6 Å². The third-order valence-electron chi connectivity index (χ3n) is 5.08. The average Bonchev–Trinajstić information content (AvgIpc) is 3.31. The number of sulfonamides is 1. The first-order valence-electron chi connectivity index (χ1n) is 9.32. The maximum atomic E-state index is 12.5. The lowest BCUT2D eigenvalue weighted by Crippen LogP contribution is -2.51. The first-order chi connectivity index (χ1) is 12.4. The van der Waals surface area contributed by atoms with Gasteiger partial charge in [-0.25, -0.2) is 8.42 Å². The highest BCUT2D eigenvalue weighted by Crippen LogP contribution is 2.40. The van der Waals surface area contributed by atoms with E-state index in [9.17, 15) is 13.2 Å². The van der Waals surface area contributed by atoms with Crippen molar-refractivity contribution in [1.82, 2.24) is 20.1 Å². The van der Waals surface area contributed by atoms with E-state index < -0.39 is 10.0 Å². The van der Waals surface area contributed by atoms with Gasteiger partial charge in [-0.1, -0.05) is 5.16 Å². The Labute approximate surface area is 154 Å². The highest BCUT2D eigenvalue weighted by Gasteiger charge is 2.34. The minimum absolute atomic E-state index is 0.0534. The first-order valence-corrected chi connectivity index (χ1v) is 10.9. The van der Waals surface area contributed by atoms with E-state index in [0.717, 1.165) is 18.6 Å². The van der Waals surface area contributed by atoms with Crippen molar-refractivity contribution in [2.75, 3.05) is 25.9 Å². The van der Waals surface area contributed by atoms with E-state index in [1.54, 1.807) is 10.4 Å². The summed E-state index contributed by atoms with van der Waals surface area (Å²) in [5.74, 6) is 1.10. The number of hydrogen-bond donors (Lipinski definition) is 2. The zero-order valence-electron chi connectivity index (χ0n) is 15.4. The quantitative estimate of drug-likeness (QED) is 0.650. The fourth-order valence-corrected chi connectivity index (χ4v) is 5.22. The SMILES string of the molecule is CNCCCS(=O)(=O)N1CC[C@H](NC(=O)c2cc(C3CC3)on2)C[C@@H]1C. The molecule has 0 aromatic carbocycles. The maximum Gasteiger partial charge on any atom is 0.273 e. The molecule has 1 aliphatic heterocycles. The predicted octanol–water partition coefficient (Wildman–Crippen LogP) is 1.07. The van der Waals surface area contributed by atoms with E-state index >= 15 is 0 Å². The van der Waals surface area contributed by atoms with Gasteiger partial charge in [-0.3, -0.25) is 4.79 Å². The van der Waals surface area contributed by atoms with Gasteiger partial charge in [0, 0.05) is 30.6 Å². The lowest BCUT2D eigenvalue weighted by atomic mass is 10.0. The molecule has 1 aromatic heterocycles. The molecule has 2 N–H and O–H groups in total. The Hall–Kier alpha value is -1.45. The van der Waals surface area contributed by atoms with Gasteiger partial charge in [0.25, 0.3) is 5.91 Å². The molecule has 26 heavy (non-hydrogen) atoms. The first kappa shape index (κ1) is 19.3. The van der Waals surface area contributed by atoms with Gasteiger partial charge in [0.2, 0.25) is 10.0 Å². The number of aromatic nitrogens is 1. The van der Waals surface area contributed by atoms with Gasteiger partial charge in [-0.05, 0) is 52.6 Å². The van der Waals surface area contributed by atoms with Crippen LogP contribution in [0.2, 0.25) is 0 Å². The van der Waals surface area contributed by atoms with Gasteiger partial charge in [0.05, 0.1) is 5.75 Å². The molecule has 146 valence electrons. The molecular formula is C17H28N4O4S. The largest absolute Gasteiger partial charge is 0.360 e. The Bertz CT molecular complexity index is 729. The molecule has 2 heterocycles. The third-order valence-corrected chi connectivity index (χ3v) is 7.14. The molecule has 8 nitrogen and oxygen atoms in total. The van der Waals surface area contributed by atoms with Crippen LogP contribution in [-0.4, -0.2) is 61.8 Å². The number of carbonyl (C=O) groups is 1. The monoisotopic (exact) mass is 384 g/mol. The molecule has 1 aliphatic carbocycles. The molecule has 0 spiro atoms. The van der Waals surface area contributed by atoms with Crippen LogP contribution in [0.15, 0.2) is 10.6 Å². The Balaban J connectivity index is 1.52. The summed E-state index contributed by atoms with van der Waals surface area (Å²) in [6.45, 7) is 3.01. The molecule has 2 aliphatic rings. The Morgan fingerprint density at radius 2 is 2.15 bits per heavy atom. The minimum Gasteiger partial charge on any atom is -0.360 e. The van der Waals surface area contributed by atoms with Gasteiger partial charge >= 0.3 is 0 Å². The number of amides is 1. The number of rotatable bonds is 8. The second-order valence-electron chi connectivity index (χ2n) is 7.32. The summed E-state index contributed by atoms with van der Waals surface area (Å²) in [6.07, 6.45) is 3.99. The molecule has 0 unspecified atom stereocenters. The normalized spacial score (nSPS) is 24.5. The molecule has 9 heteroatoms. The van der Waals surface area contributed by atoms with Crippen molar-refractivity contribution in [3.05, 3.63) is 17.5 Å². The second-order valence-corrected chi connectivity index (χ2v) is 9.36. The molecule has 2 fully saturated rings. The van der Waals surface area contributed by atoms with E-state index in [1.807, 2.05) is 14.0 Å². The fourth-order valence-electron chi connectivity index (χ4n) is 3.46. The van der Waals surface area contributed by atoms with Gasteiger partial charge in [0.1, 0.15) is 5.76 Å². The van der Waals surface area contributed by atoms with E-state index in [0.29, 0.717) is 44.0 Å². The zero-order chi connectivity index (χ0) is 18.7. The number of nitrogens with zero attached hydrogens (tertiary/aromatic N) is 2. The van der Waals surface area contributed by atoms with Gasteiger partial charge in [0.15, 0.2) is 5.69 Å². The lowest BCUT2D eigenvalue weighted by molar-refractivity contribution is 0.0905. The van der Waals surface area contributed by atoms with E-state index in [1.165, 1.54) is 0 Å². The molecular weight excluding hydrogens is 356 g/mol. The Morgan fingerprint density at radius 1 is 1.38 bits per heavy atom. The van der Waals surface area contributed by atoms with Crippen LogP contribution in [0.5, 0.6) is 0 Å². The molecule has 0 radical (unpaired) electrons. The summed E-state index contributed by atoms with van der Waals surface area (Å²) in [5, 5.41) is 9.80.